The first-order valence-corrected chi connectivity index (χ1v) is 9.37. The molecule has 0 aliphatic carbocycles. The Bertz CT molecular complexity index is 1040. The van der Waals surface area contributed by atoms with Gasteiger partial charge in [0, 0.05) is 17.8 Å². The van der Waals surface area contributed by atoms with E-state index in [1.165, 1.54) is 0 Å². The van der Waals surface area contributed by atoms with E-state index in [0.717, 1.165) is 16.3 Å². The average Bonchev–Trinajstić information content (AvgIpc) is 2.73. The average molecular weight is 390 g/mol. The lowest BCUT2D eigenvalue weighted by atomic mass is 10.0. The fourth-order valence-corrected chi connectivity index (χ4v) is 3.00. The van der Waals surface area contributed by atoms with Crippen molar-refractivity contribution in [3.8, 4) is 0 Å². The fraction of sp³-hybridized carbons (Fsp3) is 0.174. The largest absolute Gasteiger partial charge is 0.455 e. The molecule has 0 aromatic heterocycles. The SMILES string of the molecule is CCNC(=O)c1cccc(NC(=O)COC(=O)Cc2cccc3ccccc23)c1. The van der Waals surface area contributed by atoms with Crippen molar-refractivity contribution in [2.24, 2.45) is 0 Å². The number of hydrogen-bond acceptors (Lipinski definition) is 4. The van der Waals surface area contributed by atoms with Crippen LogP contribution in [-0.4, -0.2) is 30.9 Å². The maximum atomic E-state index is 12.2. The van der Waals surface area contributed by atoms with Gasteiger partial charge >= 0.3 is 5.97 Å². The van der Waals surface area contributed by atoms with E-state index >= 15 is 0 Å². The topological polar surface area (TPSA) is 84.5 Å². The predicted molar refractivity (Wildman–Crippen MR) is 112 cm³/mol. The summed E-state index contributed by atoms with van der Waals surface area (Å²) in [5.41, 5.74) is 1.75. The molecule has 3 aromatic carbocycles. The number of hydrogen-bond donors (Lipinski definition) is 2. The van der Waals surface area contributed by atoms with Gasteiger partial charge in [-0.3, -0.25) is 14.4 Å². The van der Waals surface area contributed by atoms with Crippen molar-refractivity contribution in [3.63, 3.8) is 0 Å². The van der Waals surface area contributed by atoms with E-state index in [0.29, 0.717) is 17.8 Å². The molecule has 0 radical (unpaired) electrons. The molecular formula is C23H22N2O4. The molecule has 0 aliphatic rings. The summed E-state index contributed by atoms with van der Waals surface area (Å²) in [7, 11) is 0. The molecule has 0 spiro atoms. The number of ether oxygens (including phenoxy) is 1. The Morgan fingerprint density at radius 2 is 1.69 bits per heavy atom. The van der Waals surface area contributed by atoms with Gasteiger partial charge in [0.2, 0.25) is 0 Å². The third kappa shape index (κ3) is 5.42. The Morgan fingerprint density at radius 1 is 0.931 bits per heavy atom. The van der Waals surface area contributed by atoms with E-state index in [1.807, 2.05) is 49.4 Å². The highest BCUT2D eigenvalue weighted by atomic mass is 16.5. The number of esters is 1. The summed E-state index contributed by atoms with van der Waals surface area (Å²) in [6.07, 6.45) is 0.0846. The molecule has 0 aliphatic heterocycles. The van der Waals surface area contributed by atoms with Gasteiger partial charge in [-0.2, -0.15) is 0 Å². The van der Waals surface area contributed by atoms with Crippen molar-refractivity contribution in [1.29, 1.82) is 0 Å². The van der Waals surface area contributed by atoms with Crippen molar-refractivity contribution in [2.45, 2.75) is 13.3 Å². The molecule has 0 saturated carbocycles. The number of carbonyl (C=O) groups is 3. The minimum absolute atomic E-state index is 0.0846. The third-order valence-electron chi connectivity index (χ3n) is 4.32. The molecular weight excluding hydrogens is 368 g/mol. The van der Waals surface area contributed by atoms with E-state index in [1.54, 1.807) is 24.3 Å². The molecule has 3 aromatic rings. The van der Waals surface area contributed by atoms with Crippen LogP contribution < -0.4 is 10.6 Å². The first kappa shape index (κ1) is 20.1. The van der Waals surface area contributed by atoms with E-state index in [2.05, 4.69) is 10.6 Å². The number of anilines is 1. The number of rotatable bonds is 7. The van der Waals surface area contributed by atoms with Gasteiger partial charge in [-0.05, 0) is 41.5 Å². The molecule has 6 nitrogen and oxygen atoms in total. The van der Waals surface area contributed by atoms with Crippen LogP contribution in [0.3, 0.4) is 0 Å². The van der Waals surface area contributed by atoms with Crippen LogP contribution in [0.2, 0.25) is 0 Å². The molecule has 0 heterocycles. The maximum Gasteiger partial charge on any atom is 0.310 e. The van der Waals surface area contributed by atoms with Crippen LogP contribution in [0.4, 0.5) is 5.69 Å². The fourth-order valence-electron chi connectivity index (χ4n) is 3.00. The van der Waals surface area contributed by atoms with Gasteiger partial charge in [0.1, 0.15) is 0 Å². The van der Waals surface area contributed by atoms with Crippen LogP contribution in [-0.2, 0) is 20.7 Å². The number of fused-ring (bicyclic) bond motifs is 1. The molecule has 0 bridgehead atoms. The first-order valence-electron chi connectivity index (χ1n) is 9.37. The summed E-state index contributed by atoms with van der Waals surface area (Å²) in [6, 6.07) is 20.1. The highest BCUT2D eigenvalue weighted by molar-refractivity contribution is 5.98. The molecule has 29 heavy (non-hydrogen) atoms. The normalized spacial score (nSPS) is 10.4. The Labute approximate surface area is 168 Å². The van der Waals surface area contributed by atoms with Gasteiger partial charge in [0.05, 0.1) is 6.42 Å². The Hall–Kier alpha value is -3.67. The monoisotopic (exact) mass is 390 g/mol. The van der Waals surface area contributed by atoms with Gasteiger partial charge in [-0.25, -0.2) is 0 Å². The van der Waals surface area contributed by atoms with E-state index < -0.39 is 18.5 Å². The lowest BCUT2D eigenvalue weighted by molar-refractivity contribution is -0.146. The highest BCUT2D eigenvalue weighted by Gasteiger charge is 2.12. The van der Waals surface area contributed by atoms with Gasteiger partial charge in [0.25, 0.3) is 11.8 Å². The summed E-state index contributed by atoms with van der Waals surface area (Å²) >= 11 is 0. The molecule has 0 unspecified atom stereocenters. The lowest BCUT2D eigenvalue weighted by Crippen LogP contribution is -2.24. The van der Waals surface area contributed by atoms with Crippen LogP contribution in [0, 0.1) is 0 Å². The number of nitrogens with one attached hydrogen (secondary N) is 2. The van der Waals surface area contributed by atoms with Gasteiger partial charge < -0.3 is 15.4 Å². The van der Waals surface area contributed by atoms with Crippen LogP contribution in [0.25, 0.3) is 10.8 Å². The van der Waals surface area contributed by atoms with Crippen molar-refractivity contribution in [3.05, 3.63) is 77.9 Å². The summed E-state index contributed by atoms with van der Waals surface area (Å²) < 4.78 is 5.11. The minimum Gasteiger partial charge on any atom is -0.455 e. The highest BCUT2D eigenvalue weighted by Crippen LogP contribution is 2.19. The zero-order valence-electron chi connectivity index (χ0n) is 16.1. The van der Waals surface area contributed by atoms with Gasteiger partial charge in [-0.15, -0.1) is 0 Å². The van der Waals surface area contributed by atoms with Gasteiger partial charge in [0.15, 0.2) is 6.61 Å². The minimum atomic E-state index is -0.479. The van der Waals surface area contributed by atoms with Crippen LogP contribution in [0.1, 0.15) is 22.8 Å². The zero-order chi connectivity index (χ0) is 20.6. The van der Waals surface area contributed by atoms with Crippen LogP contribution in [0.15, 0.2) is 66.7 Å². The maximum absolute atomic E-state index is 12.2. The molecule has 2 N–H and O–H groups in total. The van der Waals surface area contributed by atoms with Crippen LogP contribution in [0.5, 0.6) is 0 Å². The summed E-state index contributed by atoms with van der Waals surface area (Å²) in [6.45, 7) is 1.95. The van der Waals surface area contributed by atoms with Crippen molar-refractivity contribution in [1.82, 2.24) is 5.32 Å². The van der Waals surface area contributed by atoms with E-state index in [-0.39, 0.29) is 12.3 Å². The van der Waals surface area contributed by atoms with Crippen molar-refractivity contribution >= 4 is 34.2 Å². The molecule has 0 atom stereocenters. The molecule has 148 valence electrons. The number of amides is 2. The molecule has 2 amide bonds. The second kappa shape index (κ2) is 9.50. The quantitative estimate of drug-likeness (QED) is 0.606. The summed E-state index contributed by atoms with van der Waals surface area (Å²) in [5, 5.41) is 7.36. The van der Waals surface area contributed by atoms with Crippen molar-refractivity contribution < 1.29 is 19.1 Å². The number of carbonyl (C=O) groups excluding carboxylic acids is 3. The Morgan fingerprint density at radius 3 is 2.52 bits per heavy atom. The predicted octanol–water partition coefficient (Wildman–Crippen LogP) is 3.31. The van der Waals surface area contributed by atoms with E-state index in [9.17, 15) is 14.4 Å². The summed E-state index contributed by atoms with van der Waals surface area (Å²) in [5.74, 6) is -1.16. The first-order chi connectivity index (χ1) is 14.1. The Kier molecular flexibility index (Phi) is 6.58. The molecule has 0 saturated heterocycles. The second-order valence-corrected chi connectivity index (χ2v) is 6.46. The molecule has 3 rings (SSSR count). The third-order valence-corrected chi connectivity index (χ3v) is 4.32. The van der Waals surface area contributed by atoms with Crippen LogP contribution >= 0.6 is 0 Å². The smallest absolute Gasteiger partial charge is 0.310 e. The zero-order valence-corrected chi connectivity index (χ0v) is 16.1. The number of benzene rings is 3. The molecule has 0 fully saturated rings. The Balaban J connectivity index is 1.55. The lowest BCUT2D eigenvalue weighted by Gasteiger charge is -2.09. The second-order valence-electron chi connectivity index (χ2n) is 6.46. The molecule has 6 heteroatoms. The van der Waals surface area contributed by atoms with Gasteiger partial charge in [-0.1, -0.05) is 48.5 Å². The summed E-state index contributed by atoms with van der Waals surface area (Å²) in [4.78, 5) is 36.1. The van der Waals surface area contributed by atoms with E-state index in [4.69, 9.17) is 4.74 Å². The standard InChI is InChI=1S/C23H22N2O4/c1-2-24-23(28)18-10-6-11-19(13-18)25-21(26)15-29-22(27)14-17-9-5-8-16-7-3-4-12-20(16)17/h3-13H,2,14-15H2,1H3,(H,24,28)(H,25,26). The van der Waals surface area contributed by atoms with Crippen molar-refractivity contribution in [2.75, 3.05) is 18.5 Å².